The summed E-state index contributed by atoms with van der Waals surface area (Å²) in [4.78, 5) is 7.42. The van der Waals surface area contributed by atoms with Gasteiger partial charge >= 0.3 is 0 Å². The van der Waals surface area contributed by atoms with Gasteiger partial charge in [-0.25, -0.2) is 0 Å². The maximum atomic E-state index is 5.42. The third-order valence-electron chi connectivity index (χ3n) is 5.30. The number of aliphatic imine (C=N–C) groups is 1. The Balaban J connectivity index is 0.00000392. The maximum absolute atomic E-state index is 5.42. The summed E-state index contributed by atoms with van der Waals surface area (Å²) in [5, 5.41) is 7.04. The molecule has 1 aromatic rings. The molecule has 1 fully saturated rings. The lowest BCUT2D eigenvalue weighted by Gasteiger charge is -2.25. The number of likely N-dealkylation sites (N-methyl/N-ethyl adjacent to an activating group) is 1. The van der Waals surface area contributed by atoms with E-state index in [-0.39, 0.29) is 29.4 Å². The van der Waals surface area contributed by atoms with Crippen LogP contribution in [0.1, 0.15) is 45.8 Å². The van der Waals surface area contributed by atoms with Crippen molar-refractivity contribution in [2.24, 2.45) is 10.4 Å². The molecule has 0 saturated carbocycles. The Hall–Kier alpha value is -0.800. The summed E-state index contributed by atoms with van der Waals surface area (Å²) >= 11 is 0. The van der Waals surface area contributed by atoms with E-state index in [1.807, 2.05) is 12.1 Å². The molecule has 1 aliphatic heterocycles. The van der Waals surface area contributed by atoms with E-state index in [2.05, 4.69) is 36.3 Å². The highest BCUT2D eigenvalue weighted by atomic mass is 127. The fourth-order valence-corrected chi connectivity index (χ4v) is 3.44. The second kappa shape index (κ2) is 13.4. The number of hydrogen-bond acceptors (Lipinski definition) is 4. The fourth-order valence-electron chi connectivity index (χ4n) is 3.44. The second-order valence-electron chi connectivity index (χ2n) is 8.13. The van der Waals surface area contributed by atoms with Gasteiger partial charge in [0.1, 0.15) is 5.76 Å². The molecule has 2 heterocycles. The molecule has 1 saturated heterocycles. The highest BCUT2D eigenvalue weighted by molar-refractivity contribution is 14.0. The number of methoxy groups -OCH3 is 1. The highest BCUT2D eigenvalue weighted by Crippen LogP contribution is 2.20. The summed E-state index contributed by atoms with van der Waals surface area (Å²) in [6.45, 7) is 12.4. The largest absolute Gasteiger partial charge is 0.469 e. The molecule has 7 heteroatoms. The molecule has 6 nitrogen and oxygen atoms in total. The topological polar surface area (TPSA) is 62.0 Å². The van der Waals surface area contributed by atoms with Crippen molar-refractivity contribution in [1.82, 2.24) is 15.5 Å². The van der Waals surface area contributed by atoms with Gasteiger partial charge in [-0.1, -0.05) is 20.8 Å². The van der Waals surface area contributed by atoms with Crippen LogP contribution in [-0.2, 0) is 11.2 Å². The first-order valence-electron chi connectivity index (χ1n) is 10.3. The summed E-state index contributed by atoms with van der Waals surface area (Å²) < 4.78 is 10.7. The average Bonchev–Trinajstić information content (AvgIpc) is 3.33. The summed E-state index contributed by atoms with van der Waals surface area (Å²) in [6.07, 6.45) is 6.13. The van der Waals surface area contributed by atoms with Gasteiger partial charge in [-0.2, -0.15) is 0 Å². The van der Waals surface area contributed by atoms with Gasteiger partial charge in [0.25, 0.3) is 0 Å². The zero-order valence-electron chi connectivity index (χ0n) is 18.0. The molecule has 0 aliphatic carbocycles. The number of nitrogens with one attached hydrogen (secondary N) is 2. The summed E-state index contributed by atoms with van der Waals surface area (Å²) in [5.74, 6) is 1.89. The molecule has 0 bridgehead atoms. The van der Waals surface area contributed by atoms with Crippen LogP contribution in [0, 0.1) is 5.41 Å². The lowest BCUT2D eigenvalue weighted by atomic mass is 9.90. The summed E-state index contributed by atoms with van der Waals surface area (Å²) in [5.41, 5.74) is 0.119. The van der Waals surface area contributed by atoms with Crippen molar-refractivity contribution in [3.05, 3.63) is 24.2 Å². The Morgan fingerprint density at radius 2 is 2.21 bits per heavy atom. The van der Waals surface area contributed by atoms with Gasteiger partial charge in [0, 0.05) is 45.8 Å². The Bertz CT molecular complexity index is 549. The van der Waals surface area contributed by atoms with E-state index in [0.29, 0.717) is 6.04 Å². The molecule has 0 amide bonds. The molecule has 2 rings (SSSR count). The van der Waals surface area contributed by atoms with Gasteiger partial charge in [0.05, 0.1) is 6.26 Å². The van der Waals surface area contributed by atoms with Crippen LogP contribution in [0.15, 0.2) is 27.8 Å². The molecule has 0 aromatic carbocycles. The van der Waals surface area contributed by atoms with Crippen LogP contribution in [0.5, 0.6) is 0 Å². The first-order chi connectivity index (χ1) is 13.0. The number of furan rings is 1. The van der Waals surface area contributed by atoms with Crippen LogP contribution < -0.4 is 10.6 Å². The Labute approximate surface area is 187 Å². The smallest absolute Gasteiger partial charge is 0.191 e. The Morgan fingerprint density at radius 3 is 2.89 bits per heavy atom. The molecule has 1 atom stereocenters. The second-order valence-corrected chi connectivity index (χ2v) is 8.13. The molecular formula is C21H39IN4O2. The quantitative estimate of drug-likeness (QED) is 0.273. The number of ether oxygens (including phenoxy) is 1. The molecule has 0 spiro atoms. The van der Waals surface area contributed by atoms with Crippen LogP contribution in [0.4, 0.5) is 0 Å². The lowest BCUT2D eigenvalue weighted by molar-refractivity contribution is 0.155. The van der Waals surface area contributed by atoms with Gasteiger partial charge in [-0.15, -0.1) is 24.0 Å². The molecule has 2 N–H and O–H groups in total. The highest BCUT2D eigenvalue weighted by Gasteiger charge is 2.23. The lowest BCUT2D eigenvalue weighted by Crippen LogP contribution is -2.45. The third kappa shape index (κ3) is 9.13. The summed E-state index contributed by atoms with van der Waals surface area (Å²) in [7, 11) is 1.75. The zero-order chi connectivity index (χ0) is 19.5. The van der Waals surface area contributed by atoms with Crippen molar-refractivity contribution in [2.75, 3.05) is 46.4 Å². The van der Waals surface area contributed by atoms with Crippen molar-refractivity contribution in [3.8, 4) is 0 Å². The van der Waals surface area contributed by atoms with E-state index in [4.69, 9.17) is 14.1 Å². The number of likely N-dealkylation sites (tertiary alicyclic amines) is 1. The van der Waals surface area contributed by atoms with E-state index in [1.54, 1.807) is 13.4 Å². The molecule has 1 aliphatic rings. The van der Waals surface area contributed by atoms with Crippen molar-refractivity contribution >= 4 is 29.9 Å². The number of rotatable bonds is 11. The predicted octanol–water partition coefficient (Wildman–Crippen LogP) is 3.52. The molecule has 1 unspecified atom stereocenters. The predicted molar refractivity (Wildman–Crippen MR) is 127 cm³/mol. The first-order valence-corrected chi connectivity index (χ1v) is 10.3. The average molecular weight is 506 g/mol. The standard InChI is InChI=1S/C21H38N4O2.HI/c1-5-25-13-6-8-18(25)16-23-20(22-12-10-19-9-7-14-27-19)24-17-21(2,3)11-15-26-4;/h7,9,14,18H,5-6,8,10-13,15-17H2,1-4H3,(H2,22,23,24);1H. The zero-order valence-corrected chi connectivity index (χ0v) is 20.3. The molecule has 162 valence electrons. The van der Waals surface area contributed by atoms with Crippen molar-refractivity contribution in [3.63, 3.8) is 0 Å². The van der Waals surface area contributed by atoms with Crippen LogP contribution in [0.2, 0.25) is 0 Å². The van der Waals surface area contributed by atoms with Gasteiger partial charge < -0.3 is 19.8 Å². The van der Waals surface area contributed by atoms with Gasteiger partial charge in [0.2, 0.25) is 0 Å². The molecule has 0 radical (unpaired) electrons. The minimum atomic E-state index is 0. The van der Waals surface area contributed by atoms with Gasteiger partial charge in [-0.05, 0) is 49.9 Å². The van der Waals surface area contributed by atoms with Gasteiger partial charge in [-0.3, -0.25) is 9.89 Å². The van der Waals surface area contributed by atoms with E-state index < -0.39 is 0 Å². The Morgan fingerprint density at radius 1 is 1.39 bits per heavy atom. The number of nitrogens with zero attached hydrogens (tertiary/aromatic N) is 2. The summed E-state index contributed by atoms with van der Waals surface area (Å²) in [6, 6.07) is 4.55. The van der Waals surface area contributed by atoms with Crippen LogP contribution in [-0.4, -0.2) is 63.3 Å². The van der Waals surface area contributed by atoms with E-state index in [1.165, 1.54) is 19.4 Å². The van der Waals surface area contributed by atoms with Crippen LogP contribution in [0.25, 0.3) is 0 Å². The van der Waals surface area contributed by atoms with Gasteiger partial charge in [0.15, 0.2) is 5.96 Å². The maximum Gasteiger partial charge on any atom is 0.191 e. The first kappa shape index (κ1) is 25.2. The van der Waals surface area contributed by atoms with E-state index in [0.717, 1.165) is 57.3 Å². The minimum Gasteiger partial charge on any atom is -0.469 e. The molecule has 1 aromatic heterocycles. The number of hydrogen-bond donors (Lipinski definition) is 2. The van der Waals surface area contributed by atoms with Crippen LogP contribution >= 0.6 is 24.0 Å². The number of halogens is 1. The van der Waals surface area contributed by atoms with Crippen molar-refractivity contribution in [2.45, 2.75) is 52.5 Å². The van der Waals surface area contributed by atoms with E-state index >= 15 is 0 Å². The Kier molecular flexibility index (Phi) is 12.1. The molecular weight excluding hydrogens is 467 g/mol. The fraction of sp³-hybridized carbons (Fsp3) is 0.762. The molecule has 28 heavy (non-hydrogen) atoms. The minimum absolute atomic E-state index is 0. The monoisotopic (exact) mass is 506 g/mol. The van der Waals surface area contributed by atoms with Crippen molar-refractivity contribution in [1.29, 1.82) is 0 Å². The van der Waals surface area contributed by atoms with Crippen LogP contribution in [0.3, 0.4) is 0 Å². The third-order valence-corrected chi connectivity index (χ3v) is 5.30. The SMILES string of the molecule is CCN1CCCC1CNC(=NCC(C)(C)CCOC)NCCc1ccco1.I. The normalized spacial score (nSPS) is 18.1. The van der Waals surface area contributed by atoms with Crippen molar-refractivity contribution < 1.29 is 9.15 Å². The van der Waals surface area contributed by atoms with E-state index in [9.17, 15) is 0 Å². The number of guanidine groups is 1.